The van der Waals surface area contributed by atoms with Gasteiger partial charge in [-0.1, -0.05) is 0 Å². The maximum atomic E-state index is 12.2. The van der Waals surface area contributed by atoms with Gasteiger partial charge in [0.1, 0.15) is 12.1 Å². The quantitative estimate of drug-likeness (QED) is 0.870. The van der Waals surface area contributed by atoms with Gasteiger partial charge >= 0.3 is 0 Å². The van der Waals surface area contributed by atoms with Crippen molar-refractivity contribution < 1.29 is 9.90 Å². The SMILES string of the molecule is Cc1ccc(C(=O)NC[C@@]2(O)CCCN(c3cc(C)ncn3)C2)cn1. The molecule has 1 aliphatic heterocycles. The van der Waals surface area contributed by atoms with E-state index in [0.717, 1.165) is 30.2 Å². The predicted molar refractivity (Wildman–Crippen MR) is 94.5 cm³/mol. The summed E-state index contributed by atoms with van der Waals surface area (Å²) in [6, 6.07) is 5.43. The minimum absolute atomic E-state index is 0.195. The van der Waals surface area contributed by atoms with Crippen LogP contribution < -0.4 is 10.2 Å². The molecule has 2 aromatic rings. The molecule has 0 spiro atoms. The maximum Gasteiger partial charge on any atom is 0.252 e. The van der Waals surface area contributed by atoms with Gasteiger partial charge in [0.25, 0.3) is 5.91 Å². The Morgan fingerprint density at radius 3 is 2.84 bits per heavy atom. The van der Waals surface area contributed by atoms with E-state index in [2.05, 4.69) is 20.3 Å². The number of aryl methyl sites for hydroxylation is 2. The average Bonchev–Trinajstić information content (AvgIpc) is 2.60. The van der Waals surface area contributed by atoms with Gasteiger partial charge in [-0.2, -0.15) is 0 Å². The van der Waals surface area contributed by atoms with Crippen LogP contribution in [0.15, 0.2) is 30.7 Å². The summed E-state index contributed by atoms with van der Waals surface area (Å²) in [4.78, 5) is 26.8. The van der Waals surface area contributed by atoms with Crippen LogP contribution in [-0.4, -0.2) is 51.2 Å². The molecule has 0 radical (unpaired) electrons. The highest BCUT2D eigenvalue weighted by atomic mass is 16.3. The van der Waals surface area contributed by atoms with E-state index in [1.165, 1.54) is 6.33 Å². The first-order valence-electron chi connectivity index (χ1n) is 8.42. The monoisotopic (exact) mass is 341 g/mol. The van der Waals surface area contributed by atoms with Crippen LogP contribution in [0, 0.1) is 13.8 Å². The average molecular weight is 341 g/mol. The summed E-state index contributed by atoms with van der Waals surface area (Å²) in [5.41, 5.74) is 1.26. The van der Waals surface area contributed by atoms with Gasteiger partial charge in [-0.15, -0.1) is 0 Å². The van der Waals surface area contributed by atoms with Gasteiger partial charge in [0, 0.05) is 43.3 Å². The minimum atomic E-state index is -0.981. The molecular formula is C18H23N5O2. The molecule has 2 aromatic heterocycles. The van der Waals surface area contributed by atoms with E-state index in [0.29, 0.717) is 18.5 Å². The summed E-state index contributed by atoms with van der Waals surface area (Å²) in [7, 11) is 0. The van der Waals surface area contributed by atoms with Crippen molar-refractivity contribution in [3.63, 3.8) is 0 Å². The number of carbonyl (C=O) groups is 1. The number of aromatic nitrogens is 3. The molecule has 1 aliphatic rings. The molecule has 2 N–H and O–H groups in total. The van der Waals surface area contributed by atoms with E-state index in [-0.39, 0.29) is 12.5 Å². The van der Waals surface area contributed by atoms with E-state index in [4.69, 9.17) is 0 Å². The smallest absolute Gasteiger partial charge is 0.252 e. The number of rotatable bonds is 4. The van der Waals surface area contributed by atoms with Crippen LogP contribution in [-0.2, 0) is 0 Å². The Morgan fingerprint density at radius 1 is 1.28 bits per heavy atom. The number of nitrogens with one attached hydrogen (secondary N) is 1. The Balaban J connectivity index is 1.63. The van der Waals surface area contributed by atoms with E-state index < -0.39 is 5.60 Å². The predicted octanol–water partition coefficient (Wildman–Crippen LogP) is 1.25. The van der Waals surface area contributed by atoms with Gasteiger partial charge in [0.2, 0.25) is 0 Å². The van der Waals surface area contributed by atoms with Crippen LogP contribution in [0.4, 0.5) is 5.82 Å². The van der Waals surface area contributed by atoms with E-state index in [9.17, 15) is 9.90 Å². The number of β-amino-alcohol motifs (C(OH)–C–C–N with tert-alkyl or cyclic N) is 1. The summed E-state index contributed by atoms with van der Waals surface area (Å²) >= 11 is 0. The molecule has 0 saturated carbocycles. The number of pyridine rings is 1. The van der Waals surface area contributed by atoms with Crippen molar-refractivity contribution in [3.05, 3.63) is 47.7 Å². The molecule has 1 atom stereocenters. The number of anilines is 1. The number of piperidine rings is 1. The maximum absolute atomic E-state index is 12.2. The first kappa shape index (κ1) is 17.3. The molecule has 0 unspecified atom stereocenters. The summed E-state index contributed by atoms with van der Waals surface area (Å²) in [6.07, 6.45) is 4.55. The van der Waals surface area contributed by atoms with E-state index in [1.807, 2.05) is 24.8 Å². The molecule has 7 nitrogen and oxygen atoms in total. The molecule has 1 amide bonds. The molecule has 3 rings (SSSR count). The molecule has 1 saturated heterocycles. The Morgan fingerprint density at radius 2 is 2.12 bits per heavy atom. The summed E-state index contributed by atoms with van der Waals surface area (Å²) in [5.74, 6) is 0.579. The normalized spacial score (nSPS) is 20.4. The fraction of sp³-hybridized carbons (Fsp3) is 0.444. The topological polar surface area (TPSA) is 91.2 Å². The second kappa shape index (κ2) is 7.14. The number of hydrogen-bond acceptors (Lipinski definition) is 6. The lowest BCUT2D eigenvalue weighted by Crippen LogP contribution is -2.54. The Labute approximate surface area is 147 Å². The Hall–Kier alpha value is -2.54. The number of hydrogen-bond donors (Lipinski definition) is 2. The lowest BCUT2D eigenvalue weighted by atomic mass is 9.92. The molecule has 132 valence electrons. The van der Waals surface area contributed by atoms with Crippen LogP contribution in [0.1, 0.15) is 34.6 Å². The summed E-state index contributed by atoms with van der Waals surface area (Å²) in [5, 5.41) is 13.7. The fourth-order valence-electron chi connectivity index (χ4n) is 3.01. The van der Waals surface area contributed by atoms with Gasteiger partial charge < -0.3 is 15.3 Å². The lowest BCUT2D eigenvalue weighted by molar-refractivity contribution is 0.0254. The van der Waals surface area contributed by atoms with Crippen LogP contribution in [0.25, 0.3) is 0 Å². The second-order valence-electron chi connectivity index (χ2n) is 6.64. The number of carbonyl (C=O) groups excluding carboxylic acids is 1. The van der Waals surface area contributed by atoms with E-state index in [1.54, 1.807) is 18.3 Å². The fourth-order valence-corrected chi connectivity index (χ4v) is 3.01. The number of aliphatic hydroxyl groups is 1. The number of nitrogens with zero attached hydrogens (tertiary/aromatic N) is 4. The Kier molecular flexibility index (Phi) is 4.94. The highest BCUT2D eigenvalue weighted by Crippen LogP contribution is 2.24. The highest BCUT2D eigenvalue weighted by Gasteiger charge is 2.34. The van der Waals surface area contributed by atoms with Gasteiger partial charge in [-0.3, -0.25) is 9.78 Å². The first-order chi connectivity index (χ1) is 12.0. The van der Waals surface area contributed by atoms with Crippen molar-refractivity contribution in [1.29, 1.82) is 0 Å². The second-order valence-corrected chi connectivity index (χ2v) is 6.64. The standard InChI is InChI=1S/C18H23N5O2/c1-13-4-5-15(9-19-13)17(24)20-10-18(25)6-3-7-23(11-18)16-8-14(2)21-12-22-16/h4-5,8-9,12,25H,3,6-7,10-11H2,1-2H3,(H,20,24)/t18-/m0/s1. The van der Waals surface area contributed by atoms with Crippen molar-refractivity contribution in [2.75, 3.05) is 24.5 Å². The zero-order valence-corrected chi connectivity index (χ0v) is 14.6. The van der Waals surface area contributed by atoms with Crippen molar-refractivity contribution in [2.45, 2.75) is 32.3 Å². The van der Waals surface area contributed by atoms with Crippen LogP contribution >= 0.6 is 0 Å². The molecule has 3 heterocycles. The largest absolute Gasteiger partial charge is 0.386 e. The van der Waals surface area contributed by atoms with Crippen molar-refractivity contribution in [2.24, 2.45) is 0 Å². The number of amides is 1. The van der Waals surface area contributed by atoms with Gasteiger partial charge in [0.05, 0.1) is 11.2 Å². The zero-order chi connectivity index (χ0) is 17.9. The third-order valence-corrected chi connectivity index (χ3v) is 4.42. The summed E-state index contributed by atoms with van der Waals surface area (Å²) < 4.78 is 0. The van der Waals surface area contributed by atoms with Crippen LogP contribution in [0.3, 0.4) is 0 Å². The summed E-state index contributed by atoms with van der Waals surface area (Å²) in [6.45, 7) is 5.23. The van der Waals surface area contributed by atoms with E-state index >= 15 is 0 Å². The van der Waals surface area contributed by atoms with Crippen molar-refractivity contribution >= 4 is 11.7 Å². The first-order valence-corrected chi connectivity index (χ1v) is 8.42. The molecule has 0 aliphatic carbocycles. The lowest BCUT2D eigenvalue weighted by Gasteiger charge is -2.39. The molecule has 25 heavy (non-hydrogen) atoms. The van der Waals surface area contributed by atoms with Crippen LogP contribution in [0.2, 0.25) is 0 Å². The highest BCUT2D eigenvalue weighted by molar-refractivity contribution is 5.93. The third-order valence-electron chi connectivity index (χ3n) is 4.42. The third kappa shape index (κ3) is 4.30. The van der Waals surface area contributed by atoms with Gasteiger partial charge in [0.15, 0.2) is 0 Å². The minimum Gasteiger partial charge on any atom is -0.386 e. The Bertz CT molecular complexity index is 749. The molecule has 1 fully saturated rings. The van der Waals surface area contributed by atoms with Gasteiger partial charge in [-0.05, 0) is 38.8 Å². The molecule has 0 aromatic carbocycles. The molecular weight excluding hydrogens is 318 g/mol. The van der Waals surface area contributed by atoms with Crippen LogP contribution in [0.5, 0.6) is 0 Å². The van der Waals surface area contributed by atoms with Gasteiger partial charge in [-0.25, -0.2) is 9.97 Å². The molecule has 0 bridgehead atoms. The zero-order valence-electron chi connectivity index (χ0n) is 14.6. The molecule has 7 heteroatoms. The van der Waals surface area contributed by atoms with Crippen molar-refractivity contribution in [1.82, 2.24) is 20.3 Å². The van der Waals surface area contributed by atoms with Crippen molar-refractivity contribution in [3.8, 4) is 0 Å².